The third-order valence-electron chi connectivity index (χ3n) is 5.47. The van der Waals surface area contributed by atoms with Gasteiger partial charge >= 0.3 is 0 Å². The van der Waals surface area contributed by atoms with Gasteiger partial charge in [0.2, 0.25) is 0 Å². The van der Waals surface area contributed by atoms with Gasteiger partial charge in [-0.25, -0.2) is 18.7 Å². The molecule has 2 aromatic rings. The maximum atomic E-state index is 14.4. The zero-order valence-corrected chi connectivity index (χ0v) is 19.2. The third kappa shape index (κ3) is 10.2. The monoisotopic (exact) mass is 432 g/mol. The van der Waals surface area contributed by atoms with Gasteiger partial charge in [-0.1, -0.05) is 58.3 Å². The second kappa shape index (κ2) is 14.9. The molecule has 2 rings (SSSR count). The van der Waals surface area contributed by atoms with Crippen LogP contribution in [-0.2, 0) is 6.42 Å². The standard InChI is InChI=1S/C26H38F2N2O/c1-3-4-5-6-7-8-12-17-31-25-16-15-23(18-24(25)28)26-29-19-22(20-30-26)14-11-9-10-13-21(2)27/h15-16,18-21H,3-14,17H2,1-2H3. The highest BCUT2D eigenvalue weighted by atomic mass is 19.1. The molecule has 0 amide bonds. The van der Waals surface area contributed by atoms with Crippen LogP contribution in [0.25, 0.3) is 11.4 Å². The number of unbranched alkanes of at least 4 members (excludes halogenated alkanes) is 8. The summed E-state index contributed by atoms with van der Waals surface area (Å²) >= 11 is 0. The molecular weight excluding hydrogens is 394 g/mol. The molecule has 172 valence electrons. The Labute approximate surface area is 186 Å². The van der Waals surface area contributed by atoms with Crippen molar-refractivity contribution in [3.63, 3.8) is 0 Å². The Morgan fingerprint density at radius 1 is 0.903 bits per heavy atom. The molecule has 0 radical (unpaired) electrons. The molecule has 0 saturated heterocycles. The number of aromatic nitrogens is 2. The van der Waals surface area contributed by atoms with Crippen molar-refractivity contribution in [1.82, 2.24) is 9.97 Å². The smallest absolute Gasteiger partial charge is 0.165 e. The van der Waals surface area contributed by atoms with E-state index in [2.05, 4.69) is 16.9 Å². The molecule has 1 aromatic heterocycles. The van der Waals surface area contributed by atoms with E-state index in [9.17, 15) is 8.78 Å². The number of hydrogen-bond donors (Lipinski definition) is 0. The SMILES string of the molecule is CCCCCCCCCOc1ccc(-c2ncc(CCCCCC(C)F)cn2)cc1F. The van der Waals surface area contributed by atoms with Crippen molar-refractivity contribution in [2.45, 2.75) is 97.1 Å². The fourth-order valence-electron chi connectivity index (χ4n) is 3.56. The van der Waals surface area contributed by atoms with Crippen molar-refractivity contribution in [2.75, 3.05) is 6.61 Å². The predicted molar refractivity (Wildman–Crippen MR) is 124 cm³/mol. The lowest BCUT2D eigenvalue weighted by atomic mass is 10.1. The van der Waals surface area contributed by atoms with Gasteiger partial charge in [-0.15, -0.1) is 0 Å². The Kier molecular flexibility index (Phi) is 12.1. The second-order valence-corrected chi connectivity index (χ2v) is 8.41. The van der Waals surface area contributed by atoms with Gasteiger partial charge in [-0.3, -0.25) is 0 Å². The third-order valence-corrected chi connectivity index (χ3v) is 5.47. The molecule has 3 nitrogen and oxygen atoms in total. The summed E-state index contributed by atoms with van der Waals surface area (Å²) in [4.78, 5) is 8.77. The van der Waals surface area contributed by atoms with Gasteiger partial charge in [0.15, 0.2) is 17.4 Å². The summed E-state index contributed by atoms with van der Waals surface area (Å²) < 4.78 is 32.8. The van der Waals surface area contributed by atoms with Gasteiger partial charge in [-0.2, -0.15) is 0 Å². The van der Waals surface area contributed by atoms with Crippen molar-refractivity contribution in [1.29, 1.82) is 0 Å². The van der Waals surface area contributed by atoms with Crippen LogP contribution in [-0.4, -0.2) is 22.7 Å². The van der Waals surface area contributed by atoms with Gasteiger partial charge in [0.1, 0.15) is 0 Å². The topological polar surface area (TPSA) is 35.0 Å². The maximum Gasteiger partial charge on any atom is 0.165 e. The van der Waals surface area contributed by atoms with E-state index in [0.717, 1.165) is 44.1 Å². The summed E-state index contributed by atoms with van der Waals surface area (Å²) in [6, 6.07) is 4.90. The molecule has 5 heteroatoms. The van der Waals surface area contributed by atoms with Gasteiger partial charge < -0.3 is 4.74 Å². The Morgan fingerprint density at radius 3 is 2.26 bits per heavy atom. The van der Waals surface area contributed by atoms with Crippen LogP contribution in [0.3, 0.4) is 0 Å². The number of ether oxygens (including phenoxy) is 1. The first kappa shape index (κ1) is 25.2. The number of nitrogens with zero attached hydrogens (tertiary/aromatic N) is 2. The van der Waals surface area contributed by atoms with Crippen LogP contribution in [0.1, 0.15) is 90.0 Å². The molecule has 0 bridgehead atoms. The Balaban J connectivity index is 1.74. The Morgan fingerprint density at radius 2 is 1.58 bits per heavy atom. The van der Waals surface area contributed by atoms with Crippen molar-refractivity contribution in [3.05, 3.63) is 42.0 Å². The largest absolute Gasteiger partial charge is 0.491 e. The van der Waals surface area contributed by atoms with E-state index < -0.39 is 6.17 Å². The highest BCUT2D eigenvalue weighted by Crippen LogP contribution is 2.24. The first-order chi connectivity index (χ1) is 15.1. The van der Waals surface area contributed by atoms with Gasteiger partial charge in [0.05, 0.1) is 12.8 Å². The molecular formula is C26H38F2N2O. The summed E-state index contributed by atoms with van der Waals surface area (Å²) in [5, 5.41) is 0. The number of hydrogen-bond acceptors (Lipinski definition) is 3. The number of rotatable bonds is 16. The fourth-order valence-corrected chi connectivity index (χ4v) is 3.56. The van der Waals surface area contributed by atoms with E-state index in [1.165, 1.54) is 38.2 Å². The van der Waals surface area contributed by atoms with Gasteiger partial charge in [0.25, 0.3) is 0 Å². The molecule has 1 unspecified atom stereocenters. The average molecular weight is 433 g/mol. The lowest BCUT2D eigenvalue weighted by molar-refractivity contribution is 0.290. The summed E-state index contributed by atoms with van der Waals surface area (Å²) in [7, 11) is 0. The highest BCUT2D eigenvalue weighted by Gasteiger charge is 2.09. The molecule has 0 aliphatic heterocycles. The average Bonchev–Trinajstić information content (AvgIpc) is 2.76. The summed E-state index contributed by atoms with van der Waals surface area (Å²) in [5.41, 5.74) is 1.69. The van der Waals surface area contributed by atoms with Crippen LogP contribution < -0.4 is 4.74 Å². The first-order valence-electron chi connectivity index (χ1n) is 12.0. The number of halogens is 2. The maximum absolute atomic E-state index is 14.4. The molecule has 0 aliphatic carbocycles. The van der Waals surface area contributed by atoms with Crippen LogP contribution >= 0.6 is 0 Å². The van der Waals surface area contributed by atoms with Crippen molar-refractivity contribution in [3.8, 4) is 17.1 Å². The van der Waals surface area contributed by atoms with E-state index in [0.29, 0.717) is 24.4 Å². The lowest BCUT2D eigenvalue weighted by Crippen LogP contribution is -2.00. The van der Waals surface area contributed by atoms with Crippen LogP contribution in [0.15, 0.2) is 30.6 Å². The minimum atomic E-state index is -0.722. The molecule has 31 heavy (non-hydrogen) atoms. The number of benzene rings is 1. The van der Waals surface area contributed by atoms with Crippen LogP contribution in [0.4, 0.5) is 8.78 Å². The van der Waals surface area contributed by atoms with E-state index in [4.69, 9.17) is 4.74 Å². The molecule has 0 N–H and O–H groups in total. The zero-order chi connectivity index (χ0) is 22.3. The molecule has 0 aliphatic rings. The molecule has 0 saturated carbocycles. The van der Waals surface area contributed by atoms with Crippen molar-refractivity contribution < 1.29 is 13.5 Å². The fraction of sp³-hybridized carbons (Fsp3) is 0.615. The van der Waals surface area contributed by atoms with Crippen LogP contribution in [0, 0.1) is 5.82 Å². The van der Waals surface area contributed by atoms with Crippen LogP contribution in [0.2, 0.25) is 0 Å². The minimum absolute atomic E-state index is 0.286. The molecule has 0 spiro atoms. The van der Waals surface area contributed by atoms with Gasteiger partial charge in [-0.05, 0) is 56.4 Å². The van der Waals surface area contributed by atoms with Crippen molar-refractivity contribution in [2.24, 2.45) is 0 Å². The predicted octanol–water partition coefficient (Wildman–Crippen LogP) is 7.87. The molecule has 1 aromatic carbocycles. The number of aryl methyl sites for hydroxylation is 1. The van der Waals surface area contributed by atoms with Crippen molar-refractivity contribution >= 4 is 0 Å². The first-order valence-corrected chi connectivity index (χ1v) is 12.0. The summed E-state index contributed by atoms with van der Waals surface area (Å²) in [6.45, 7) is 4.36. The van der Waals surface area contributed by atoms with E-state index >= 15 is 0 Å². The minimum Gasteiger partial charge on any atom is -0.491 e. The Hall–Kier alpha value is -2.04. The van der Waals surface area contributed by atoms with Crippen LogP contribution in [0.5, 0.6) is 5.75 Å². The van der Waals surface area contributed by atoms with E-state index in [1.807, 2.05) is 0 Å². The second-order valence-electron chi connectivity index (χ2n) is 8.41. The van der Waals surface area contributed by atoms with E-state index in [1.54, 1.807) is 31.5 Å². The zero-order valence-electron chi connectivity index (χ0n) is 19.2. The highest BCUT2D eigenvalue weighted by molar-refractivity contribution is 5.56. The van der Waals surface area contributed by atoms with Gasteiger partial charge in [0, 0.05) is 18.0 Å². The quantitative estimate of drug-likeness (QED) is 0.253. The lowest BCUT2D eigenvalue weighted by Gasteiger charge is -2.09. The Bertz CT molecular complexity index is 735. The summed E-state index contributed by atoms with van der Waals surface area (Å²) in [6.07, 6.45) is 15.7. The molecule has 1 heterocycles. The normalized spacial score (nSPS) is 12.1. The number of alkyl halides is 1. The molecule has 1 atom stereocenters. The summed E-state index contributed by atoms with van der Waals surface area (Å²) in [5.74, 6) is 0.414. The molecule has 0 fully saturated rings. The van der Waals surface area contributed by atoms with E-state index in [-0.39, 0.29) is 11.6 Å².